The average molecular weight is 268 g/mol. The minimum absolute atomic E-state index is 0.746. The van der Waals surface area contributed by atoms with Crippen molar-refractivity contribution in [1.82, 2.24) is 9.55 Å². The molecular weight excluding hydrogens is 254 g/mol. The second-order valence-electron chi connectivity index (χ2n) is 3.71. The standard InChI is InChI=1S/C12H14ClN3S/c1-9-15-4-5-16(9)6-7-17-12-8-10(14)2-3-11(12)13/h2-5,8H,6-7,14H2,1H3. The molecule has 0 saturated carbocycles. The molecule has 1 heterocycles. The van der Waals surface area contributed by atoms with E-state index in [0.29, 0.717) is 0 Å². The number of aromatic nitrogens is 2. The quantitative estimate of drug-likeness (QED) is 0.683. The first-order valence-corrected chi connectivity index (χ1v) is 6.69. The predicted molar refractivity (Wildman–Crippen MR) is 73.6 cm³/mol. The molecule has 0 fully saturated rings. The summed E-state index contributed by atoms with van der Waals surface area (Å²) in [6.07, 6.45) is 3.80. The molecule has 17 heavy (non-hydrogen) atoms. The highest BCUT2D eigenvalue weighted by atomic mass is 35.5. The molecule has 0 aliphatic heterocycles. The number of nitrogens with two attached hydrogens (primary N) is 1. The van der Waals surface area contributed by atoms with Gasteiger partial charge in [0.15, 0.2) is 0 Å². The lowest BCUT2D eigenvalue weighted by molar-refractivity contribution is 0.738. The number of nitrogen functional groups attached to an aromatic ring is 1. The van der Waals surface area contributed by atoms with Crippen LogP contribution in [0.1, 0.15) is 5.82 Å². The minimum atomic E-state index is 0.746. The Bertz CT molecular complexity index is 510. The lowest BCUT2D eigenvalue weighted by Crippen LogP contribution is -2.01. The fourth-order valence-electron chi connectivity index (χ4n) is 1.52. The molecule has 1 aromatic carbocycles. The van der Waals surface area contributed by atoms with Crippen LogP contribution in [0.5, 0.6) is 0 Å². The Morgan fingerprint density at radius 1 is 1.47 bits per heavy atom. The second-order valence-corrected chi connectivity index (χ2v) is 5.25. The summed E-state index contributed by atoms with van der Waals surface area (Å²) in [4.78, 5) is 5.21. The van der Waals surface area contributed by atoms with Crippen LogP contribution in [-0.2, 0) is 6.54 Å². The molecule has 2 rings (SSSR count). The van der Waals surface area contributed by atoms with E-state index in [1.165, 1.54) is 0 Å². The van der Waals surface area contributed by atoms with E-state index in [-0.39, 0.29) is 0 Å². The number of halogens is 1. The van der Waals surface area contributed by atoms with Gasteiger partial charge in [-0.1, -0.05) is 11.6 Å². The summed E-state index contributed by atoms with van der Waals surface area (Å²) in [5, 5.41) is 0.756. The molecule has 0 aliphatic rings. The molecule has 1 aromatic heterocycles. The Labute approximate surface area is 110 Å². The highest BCUT2D eigenvalue weighted by Crippen LogP contribution is 2.29. The molecule has 0 radical (unpaired) electrons. The van der Waals surface area contributed by atoms with Crippen molar-refractivity contribution in [2.75, 3.05) is 11.5 Å². The summed E-state index contributed by atoms with van der Waals surface area (Å²) in [7, 11) is 0. The molecule has 0 unspecified atom stereocenters. The number of hydrogen-bond acceptors (Lipinski definition) is 3. The number of aryl methyl sites for hydroxylation is 2. The smallest absolute Gasteiger partial charge is 0.105 e. The van der Waals surface area contributed by atoms with Crippen molar-refractivity contribution in [3.8, 4) is 0 Å². The zero-order chi connectivity index (χ0) is 12.3. The highest BCUT2D eigenvalue weighted by Gasteiger charge is 2.02. The van der Waals surface area contributed by atoms with Crippen LogP contribution in [0, 0.1) is 6.92 Å². The predicted octanol–water partition coefficient (Wildman–Crippen LogP) is 3.22. The number of hydrogen-bond donors (Lipinski definition) is 1. The number of nitrogens with zero attached hydrogens (tertiary/aromatic N) is 2. The van der Waals surface area contributed by atoms with Gasteiger partial charge in [-0.05, 0) is 25.1 Å². The molecule has 0 aliphatic carbocycles. The van der Waals surface area contributed by atoms with Gasteiger partial charge in [0.2, 0.25) is 0 Å². The normalized spacial score (nSPS) is 10.7. The largest absolute Gasteiger partial charge is 0.399 e. The monoisotopic (exact) mass is 267 g/mol. The maximum Gasteiger partial charge on any atom is 0.105 e. The first kappa shape index (κ1) is 12.3. The minimum Gasteiger partial charge on any atom is -0.399 e. The molecule has 0 saturated heterocycles. The summed E-state index contributed by atoms with van der Waals surface area (Å²) in [6.45, 7) is 2.92. The van der Waals surface area contributed by atoms with E-state index < -0.39 is 0 Å². The molecule has 0 atom stereocenters. The van der Waals surface area contributed by atoms with Gasteiger partial charge in [-0.3, -0.25) is 0 Å². The van der Waals surface area contributed by atoms with Gasteiger partial charge in [-0.2, -0.15) is 0 Å². The molecule has 5 heteroatoms. The number of thioether (sulfide) groups is 1. The van der Waals surface area contributed by atoms with Gasteiger partial charge in [0.25, 0.3) is 0 Å². The Kier molecular flexibility index (Phi) is 3.97. The van der Waals surface area contributed by atoms with Gasteiger partial charge in [0.05, 0.1) is 5.02 Å². The molecule has 90 valence electrons. The summed E-state index contributed by atoms with van der Waals surface area (Å²) in [5.41, 5.74) is 6.48. The fourth-order valence-corrected chi connectivity index (χ4v) is 2.74. The molecule has 0 spiro atoms. The Morgan fingerprint density at radius 2 is 2.29 bits per heavy atom. The summed E-state index contributed by atoms with van der Waals surface area (Å²) >= 11 is 7.80. The first-order valence-electron chi connectivity index (χ1n) is 5.32. The fraction of sp³-hybridized carbons (Fsp3) is 0.250. The van der Waals surface area contributed by atoms with E-state index in [1.54, 1.807) is 11.8 Å². The molecule has 2 aromatic rings. The Balaban J connectivity index is 1.94. The van der Waals surface area contributed by atoms with Gasteiger partial charge in [-0.15, -0.1) is 11.8 Å². The van der Waals surface area contributed by atoms with E-state index in [0.717, 1.165) is 33.7 Å². The van der Waals surface area contributed by atoms with E-state index in [9.17, 15) is 0 Å². The molecular formula is C12H14ClN3S. The van der Waals surface area contributed by atoms with Crippen LogP contribution < -0.4 is 5.73 Å². The van der Waals surface area contributed by atoms with Gasteiger partial charge in [-0.25, -0.2) is 4.98 Å². The van der Waals surface area contributed by atoms with Gasteiger partial charge in [0.1, 0.15) is 5.82 Å². The van der Waals surface area contributed by atoms with Gasteiger partial charge < -0.3 is 10.3 Å². The number of anilines is 1. The maximum atomic E-state index is 6.09. The van der Waals surface area contributed by atoms with Crippen LogP contribution in [0.4, 0.5) is 5.69 Å². The van der Waals surface area contributed by atoms with Crippen LogP contribution in [0.2, 0.25) is 5.02 Å². The van der Waals surface area contributed by atoms with Crippen LogP contribution in [0.25, 0.3) is 0 Å². The van der Waals surface area contributed by atoms with Crippen molar-refractivity contribution in [2.45, 2.75) is 18.4 Å². The molecule has 0 bridgehead atoms. The zero-order valence-electron chi connectivity index (χ0n) is 9.56. The lowest BCUT2D eigenvalue weighted by Gasteiger charge is -2.07. The summed E-state index contributed by atoms with van der Waals surface area (Å²) in [5.74, 6) is 1.98. The lowest BCUT2D eigenvalue weighted by atomic mass is 10.3. The number of rotatable bonds is 4. The van der Waals surface area contributed by atoms with E-state index in [1.807, 2.05) is 37.5 Å². The number of benzene rings is 1. The SMILES string of the molecule is Cc1nccn1CCSc1cc(N)ccc1Cl. The molecule has 3 nitrogen and oxygen atoms in total. The Hall–Kier alpha value is -1.13. The topological polar surface area (TPSA) is 43.8 Å². The van der Waals surface area contributed by atoms with Crippen LogP contribution in [0.3, 0.4) is 0 Å². The summed E-state index contributed by atoms with van der Waals surface area (Å²) < 4.78 is 2.12. The molecule has 0 amide bonds. The van der Waals surface area contributed by atoms with Gasteiger partial charge in [0, 0.05) is 35.3 Å². The van der Waals surface area contributed by atoms with E-state index in [2.05, 4.69) is 9.55 Å². The maximum absolute atomic E-state index is 6.09. The van der Waals surface area contributed by atoms with E-state index >= 15 is 0 Å². The van der Waals surface area contributed by atoms with Crippen molar-refractivity contribution in [3.63, 3.8) is 0 Å². The van der Waals surface area contributed by atoms with Crippen molar-refractivity contribution in [3.05, 3.63) is 41.4 Å². The van der Waals surface area contributed by atoms with Crippen molar-refractivity contribution in [1.29, 1.82) is 0 Å². The van der Waals surface area contributed by atoms with Crippen LogP contribution >= 0.6 is 23.4 Å². The molecule has 2 N–H and O–H groups in total. The number of imidazole rings is 1. The third-order valence-electron chi connectivity index (χ3n) is 2.47. The third kappa shape index (κ3) is 3.17. The van der Waals surface area contributed by atoms with Crippen molar-refractivity contribution < 1.29 is 0 Å². The van der Waals surface area contributed by atoms with Crippen molar-refractivity contribution >= 4 is 29.1 Å². The average Bonchev–Trinajstić information content (AvgIpc) is 2.70. The highest BCUT2D eigenvalue weighted by molar-refractivity contribution is 7.99. The first-order chi connectivity index (χ1) is 8.16. The van der Waals surface area contributed by atoms with Gasteiger partial charge >= 0.3 is 0 Å². The zero-order valence-corrected chi connectivity index (χ0v) is 11.1. The Morgan fingerprint density at radius 3 is 3.00 bits per heavy atom. The van der Waals surface area contributed by atoms with Crippen LogP contribution in [-0.4, -0.2) is 15.3 Å². The summed E-state index contributed by atoms with van der Waals surface area (Å²) in [6, 6.07) is 5.56. The van der Waals surface area contributed by atoms with E-state index in [4.69, 9.17) is 17.3 Å². The second kappa shape index (κ2) is 5.47. The van der Waals surface area contributed by atoms with Crippen LogP contribution in [0.15, 0.2) is 35.5 Å². The van der Waals surface area contributed by atoms with Crippen molar-refractivity contribution in [2.24, 2.45) is 0 Å². The third-order valence-corrected chi connectivity index (χ3v) is 3.95.